The van der Waals surface area contributed by atoms with Crippen LogP contribution >= 0.6 is 11.3 Å². The Hall–Kier alpha value is -1.69. The van der Waals surface area contributed by atoms with Gasteiger partial charge in [0.15, 0.2) is 5.13 Å². The molecule has 0 saturated carbocycles. The Balaban J connectivity index is 2.44. The number of ether oxygens (including phenoxy) is 1. The summed E-state index contributed by atoms with van der Waals surface area (Å²) in [6.07, 6.45) is 3.71. The monoisotopic (exact) mass is 212 g/mol. The lowest BCUT2D eigenvalue weighted by atomic mass is 10.5. The SMILES string of the molecule is COC(=O)C=CC(=O)Nc1nccs1. The number of anilines is 1. The van der Waals surface area contributed by atoms with Crippen LogP contribution in [0, 0.1) is 0 Å². The second-order valence-electron chi connectivity index (χ2n) is 2.18. The number of nitrogens with zero attached hydrogens (tertiary/aromatic N) is 1. The fraction of sp³-hybridized carbons (Fsp3) is 0.125. The van der Waals surface area contributed by atoms with Crippen LogP contribution in [-0.4, -0.2) is 24.0 Å². The van der Waals surface area contributed by atoms with Gasteiger partial charge in [0.1, 0.15) is 0 Å². The summed E-state index contributed by atoms with van der Waals surface area (Å²) in [5, 5.41) is 4.70. The summed E-state index contributed by atoms with van der Waals surface area (Å²) < 4.78 is 4.32. The molecule has 5 nitrogen and oxygen atoms in total. The first-order valence-corrected chi connectivity index (χ1v) is 4.57. The second-order valence-corrected chi connectivity index (χ2v) is 3.08. The highest BCUT2D eigenvalue weighted by molar-refractivity contribution is 7.13. The van der Waals surface area contributed by atoms with Crippen LogP contribution in [0.4, 0.5) is 5.13 Å². The lowest BCUT2D eigenvalue weighted by Gasteiger charge is -1.94. The number of hydrogen-bond donors (Lipinski definition) is 1. The van der Waals surface area contributed by atoms with E-state index in [0.29, 0.717) is 5.13 Å². The van der Waals surface area contributed by atoms with Crippen molar-refractivity contribution in [2.75, 3.05) is 12.4 Å². The molecule has 0 saturated heterocycles. The fourth-order valence-electron chi connectivity index (χ4n) is 0.644. The summed E-state index contributed by atoms with van der Waals surface area (Å²) in [6.45, 7) is 0. The van der Waals surface area contributed by atoms with Crippen molar-refractivity contribution in [2.24, 2.45) is 0 Å². The summed E-state index contributed by atoms with van der Waals surface area (Å²) in [5.74, 6) is -0.982. The lowest BCUT2D eigenvalue weighted by molar-refractivity contribution is -0.135. The van der Waals surface area contributed by atoms with Gasteiger partial charge in [-0.1, -0.05) is 0 Å². The van der Waals surface area contributed by atoms with Crippen LogP contribution in [0.15, 0.2) is 23.7 Å². The van der Waals surface area contributed by atoms with Crippen LogP contribution in [0.1, 0.15) is 0 Å². The van der Waals surface area contributed by atoms with Crippen molar-refractivity contribution in [3.63, 3.8) is 0 Å². The Bertz CT molecular complexity index is 345. The Labute approximate surface area is 84.4 Å². The van der Waals surface area contributed by atoms with E-state index in [4.69, 9.17) is 0 Å². The molecule has 0 unspecified atom stereocenters. The maximum atomic E-state index is 11.1. The third-order valence-corrected chi connectivity index (χ3v) is 1.92. The highest BCUT2D eigenvalue weighted by Gasteiger charge is 2.00. The molecular formula is C8H8N2O3S. The molecule has 6 heteroatoms. The molecule has 1 rings (SSSR count). The third-order valence-electron chi connectivity index (χ3n) is 1.23. The maximum Gasteiger partial charge on any atom is 0.330 e. The van der Waals surface area contributed by atoms with Gasteiger partial charge in [-0.25, -0.2) is 9.78 Å². The number of carbonyl (C=O) groups is 2. The van der Waals surface area contributed by atoms with Gasteiger partial charge in [-0.3, -0.25) is 10.1 Å². The normalized spacial score (nSPS) is 10.1. The Morgan fingerprint density at radius 1 is 1.57 bits per heavy atom. The molecule has 1 N–H and O–H groups in total. The smallest absolute Gasteiger partial charge is 0.330 e. The predicted octanol–water partition coefficient (Wildman–Crippen LogP) is 0.811. The number of aromatic nitrogens is 1. The van der Waals surface area contributed by atoms with E-state index in [-0.39, 0.29) is 0 Å². The molecule has 0 fully saturated rings. The molecule has 0 bridgehead atoms. The maximum absolute atomic E-state index is 11.1. The first-order chi connectivity index (χ1) is 6.72. The highest BCUT2D eigenvalue weighted by Crippen LogP contribution is 2.09. The summed E-state index contributed by atoms with van der Waals surface area (Å²) in [5.41, 5.74) is 0. The van der Waals surface area contributed by atoms with Crippen molar-refractivity contribution < 1.29 is 14.3 Å². The van der Waals surface area contributed by atoms with E-state index < -0.39 is 11.9 Å². The van der Waals surface area contributed by atoms with Crippen molar-refractivity contribution in [3.05, 3.63) is 23.7 Å². The molecule has 1 heterocycles. The number of carbonyl (C=O) groups excluding carboxylic acids is 2. The topological polar surface area (TPSA) is 68.3 Å². The third kappa shape index (κ3) is 3.36. The minimum atomic E-state index is -0.570. The van der Waals surface area contributed by atoms with E-state index in [2.05, 4.69) is 15.0 Å². The number of thiazole rings is 1. The molecular weight excluding hydrogens is 204 g/mol. The quantitative estimate of drug-likeness (QED) is 0.594. The molecule has 0 aliphatic heterocycles. The van der Waals surface area contributed by atoms with Gasteiger partial charge in [0.2, 0.25) is 5.91 Å². The van der Waals surface area contributed by atoms with Gasteiger partial charge in [-0.05, 0) is 0 Å². The molecule has 0 atom stereocenters. The zero-order valence-electron chi connectivity index (χ0n) is 7.39. The van der Waals surface area contributed by atoms with Gasteiger partial charge < -0.3 is 4.74 Å². The van der Waals surface area contributed by atoms with Gasteiger partial charge in [0.25, 0.3) is 0 Å². The second kappa shape index (κ2) is 5.13. The van der Waals surface area contributed by atoms with Crippen molar-refractivity contribution in [1.29, 1.82) is 0 Å². The molecule has 0 radical (unpaired) electrons. The Kier molecular flexibility index (Phi) is 3.81. The molecule has 1 aromatic rings. The average Bonchev–Trinajstić information content (AvgIpc) is 2.66. The van der Waals surface area contributed by atoms with Crippen LogP contribution in [-0.2, 0) is 14.3 Å². The van der Waals surface area contributed by atoms with Crippen molar-refractivity contribution >= 4 is 28.3 Å². The molecule has 0 aliphatic carbocycles. The van der Waals surface area contributed by atoms with Crippen LogP contribution in [0.5, 0.6) is 0 Å². The fourth-order valence-corrected chi connectivity index (χ4v) is 1.18. The summed E-state index contributed by atoms with van der Waals surface area (Å²) in [7, 11) is 1.24. The zero-order chi connectivity index (χ0) is 10.4. The largest absolute Gasteiger partial charge is 0.466 e. The van der Waals surface area contributed by atoms with Crippen molar-refractivity contribution in [2.45, 2.75) is 0 Å². The van der Waals surface area contributed by atoms with Crippen LogP contribution in [0.2, 0.25) is 0 Å². The Morgan fingerprint density at radius 3 is 2.93 bits per heavy atom. The molecule has 0 aromatic carbocycles. The van der Waals surface area contributed by atoms with Gasteiger partial charge in [-0.15, -0.1) is 11.3 Å². The minimum absolute atomic E-state index is 0.412. The molecule has 74 valence electrons. The first kappa shape index (κ1) is 10.4. The number of methoxy groups -OCH3 is 1. The summed E-state index contributed by atoms with van der Waals surface area (Å²) in [6, 6.07) is 0. The summed E-state index contributed by atoms with van der Waals surface area (Å²) in [4.78, 5) is 25.5. The number of hydrogen-bond acceptors (Lipinski definition) is 5. The number of amides is 1. The van der Waals surface area contributed by atoms with Crippen LogP contribution in [0.25, 0.3) is 0 Å². The summed E-state index contributed by atoms with van der Waals surface area (Å²) >= 11 is 1.30. The standard InChI is InChI=1S/C8H8N2O3S/c1-13-7(12)3-2-6(11)10-8-9-4-5-14-8/h2-5H,1H3,(H,9,10,11). The van der Waals surface area contributed by atoms with Gasteiger partial charge in [0, 0.05) is 23.7 Å². The number of esters is 1. The molecule has 1 amide bonds. The zero-order valence-corrected chi connectivity index (χ0v) is 8.21. The highest BCUT2D eigenvalue weighted by atomic mass is 32.1. The average molecular weight is 212 g/mol. The molecule has 14 heavy (non-hydrogen) atoms. The van der Waals surface area contributed by atoms with Gasteiger partial charge in [0.05, 0.1) is 7.11 Å². The van der Waals surface area contributed by atoms with Crippen LogP contribution in [0.3, 0.4) is 0 Å². The molecule has 0 spiro atoms. The van der Waals surface area contributed by atoms with E-state index in [1.165, 1.54) is 18.4 Å². The van der Waals surface area contributed by atoms with E-state index in [1.807, 2.05) is 0 Å². The van der Waals surface area contributed by atoms with Gasteiger partial charge in [-0.2, -0.15) is 0 Å². The lowest BCUT2D eigenvalue weighted by Crippen LogP contribution is -2.08. The van der Waals surface area contributed by atoms with Gasteiger partial charge >= 0.3 is 5.97 Å². The number of nitrogens with one attached hydrogen (secondary N) is 1. The number of rotatable bonds is 3. The predicted molar refractivity (Wildman–Crippen MR) is 51.9 cm³/mol. The van der Waals surface area contributed by atoms with E-state index in [1.54, 1.807) is 11.6 Å². The van der Waals surface area contributed by atoms with E-state index in [0.717, 1.165) is 12.2 Å². The Morgan fingerprint density at radius 2 is 2.36 bits per heavy atom. The minimum Gasteiger partial charge on any atom is -0.466 e. The van der Waals surface area contributed by atoms with E-state index >= 15 is 0 Å². The molecule has 0 aliphatic rings. The first-order valence-electron chi connectivity index (χ1n) is 3.69. The van der Waals surface area contributed by atoms with E-state index in [9.17, 15) is 9.59 Å². The van der Waals surface area contributed by atoms with Crippen molar-refractivity contribution in [1.82, 2.24) is 4.98 Å². The molecule has 1 aromatic heterocycles. The van der Waals surface area contributed by atoms with Crippen LogP contribution < -0.4 is 5.32 Å². The van der Waals surface area contributed by atoms with Crippen molar-refractivity contribution in [3.8, 4) is 0 Å².